The van der Waals surface area contributed by atoms with Crippen LogP contribution < -0.4 is 5.32 Å². The fourth-order valence-electron chi connectivity index (χ4n) is 1.49. The van der Waals surface area contributed by atoms with E-state index in [1.54, 1.807) is 12.1 Å². The predicted octanol–water partition coefficient (Wildman–Crippen LogP) is 3.98. The van der Waals surface area contributed by atoms with Gasteiger partial charge in [0.2, 0.25) is 0 Å². The molecular weight excluding hydrogens is 189 g/mol. The van der Waals surface area contributed by atoms with Crippen molar-refractivity contribution in [1.82, 2.24) is 0 Å². The molecule has 84 valence electrons. The minimum Gasteiger partial charge on any atom is -0.382 e. The van der Waals surface area contributed by atoms with Gasteiger partial charge in [-0.05, 0) is 37.5 Å². The predicted molar refractivity (Wildman–Crippen MR) is 63.7 cm³/mol. The third-order valence-electron chi connectivity index (χ3n) is 3.08. The summed E-state index contributed by atoms with van der Waals surface area (Å²) in [4.78, 5) is 0. The van der Waals surface area contributed by atoms with Gasteiger partial charge >= 0.3 is 0 Å². The van der Waals surface area contributed by atoms with E-state index >= 15 is 0 Å². The first-order valence-corrected chi connectivity index (χ1v) is 5.57. The van der Waals surface area contributed by atoms with E-state index in [1.165, 1.54) is 6.07 Å². The molecule has 2 atom stereocenters. The maximum atomic E-state index is 13.0. The van der Waals surface area contributed by atoms with Gasteiger partial charge in [0.15, 0.2) is 0 Å². The molecule has 0 amide bonds. The van der Waals surface area contributed by atoms with E-state index in [9.17, 15) is 4.39 Å². The molecule has 0 aliphatic heterocycles. The Kier molecular flexibility index (Phi) is 4.13. The van der Waals surface area contributed by atoms with Crippen LogP contribution in [0.3, 0.4) is 0 Å². The Morgan fingerprint density at radius 3 is 2.60 bits per heavy atom. The maximum Gasteiger partial charge on any atom is 0.125 e. The summed E-state index contributed by atoms with van der Waals surface area (Å²) in [5.74, 6) is 0.409. The van der Waals surface area contributed by atoms with Crippen LogP contribution in [-0.4, -0.2) is 6.04 Å². The molecule has 1 aromatic rings. The molecule has 2 unspecified atom stereocenters. The molecule has 0 aliphatic rings. The largest absolute Gasteiger partial charge is 0.382 e. The zero-order valence-electron chi connectivity index (χ0n) is 9.97. The van der Waals surface area contributed by atoms with Crippen LogP contribution in [0, 0.1) is 18.7 Å². The van der Waals surface area contributed by atoms with E-state index in [4.69, 9.17) is 0 Å². The van der Waals surface area contributed by atoms with Gasteiger partial charge in [0.25, 0.3) is 0 Å². The fourth-order valence-corrected chi connectivity index (χ4v) is 1.49. The molecule has 0 aliphatic carbocycles. The highest BCUT2D eigenvalue weighted by molar-refractivity contribution is 5.51. The lowest BCUT2D eigenvalue weighted by molar-refractivity contribution is 0.494. The zero-order valence-corrected chi connectivity index (χ0v) is 9.97. The first-order chi connectivity index (χ1) is 7.04. The number of rotatable bonds is 4. The van der Waals surface area contributed by atoms with Gasteiger partial charge in [-0.15, -0.1) is 0 Å². The highest BCUT2D eigenvalue weighted by Gasteiger charge is 2.11. The summed E-state index contributed by atoms with van der Waals surface area (Å²) in [5, 5.41) is 3.36. The van der Waals surface area contributed by atoms with Crippen molar-refractivity contribution in [2.24, 2.45) is 5.92 Å². The summed E-state index contributed by atoms with van der Waals surface area (Å²) in [6, 6.07) is 5.24. The zero-order chi connectivity index (χ0) is 11.4. The number of hydrogen-bond donors (Lipinski definition) is 1. The van der Waals surface area contributed by atoms with Gasteiger partial charge in [0, 0.05) is 11.7 Å². The van der Waals surface area contributed by atoms with Crippen molar-refractivity contribution in [2.45, 2.75) is 40.2 Å². The molecular formula is C13H20FN. The quantitative estimate of drug-likeness (QED) is 0.791. The first-order valence-electron chi connectivity index (χ1n) is 5.57. The summed E-state index contributed by atoms with van der Waals surface area (Å²) in [7, 11) is 0. The lowest BCUT2D eigenvalue weighted by atomic mass is 10.0. The molecule has 0 heterocycles. The Hall–Kier alpha value is -1.05. The lowest BCUT2D eigenvalue weighted by Crippen LogP contribution is -2.23. The Bertz CT molecular complexity index is 322. The summed E-state index contributed by atoms with van der Waals surface area (Å²) >= 11 is 0. The van der Waals surface area contributed by atoms with Crippen LogP contribution in [0.4, 0.5) is 10.1 Å². The standard InChI is InChI=1S/C13H20FN/c1-5-9(2)11(4)15-13-8-12(14)7-6-10(13)3/h6-9,11,15H,5H2,1-4H3. The second-order valence-corrected chi connectivity index (χ2v) is 4.28. The van der Waals surface area contributed by atoms with E-state index in [0.29, 0.717) is 12.0 Å². The molecule has 1 rings (SSSR count). The topological polar surface area (TPSA) is 12.0 Å². The van der Waals surface area contributed by atoms with E-state index in [0.717, 1.165) is 17.7 Å². The summed E-state index contributed by atoms with van der Waals surface area (Å²) in [6.07, 6.45) is 1.13. The molecule has 0 spiro atoms. The minimum absolute atomic E-state index is 0.181. The average Bonchev–Trinajstić information content (AvgIpc) is 2.22. The van der Waals surface area contributed by atoms with Crippen LogP contribution in [0.25, 0.3) is 0 Å². The Balaban J connectivity index is 2.75. The number of halogens is 1. The second-order valence-electron chi connectivity index (χ2n) is 4.28. The van der Waals surface area contributed by atoms with Crippen molar-refractivity contribution in [3.05, 3.63) is 29.6 Å². The van der Waals surface area contributed by atoms with E-state index in [-0.39, 0.29) is 5.82 Å². The number of benzene rings is 1. The Morgan fingerprint density at radius 2 is 2.00 bits per heavy atom. The minimum atomic E-state index is -0.181. The van der Waals surface area contributed by atoms with Crippen LogP contribution in [0.15, 0.2) is 18.2 Å². The molecule has 0 aromatic heterocycles. The van der Waals surface area contributed by atoms with Crippen molar-refractivity contribution in [3.8, 4) is 0 Å². The van der Waals surface area contributed by atoms with Gasteiger partial charge in [-0.25, -0.2) is 4.39 Å². The SMILES string of the molecule is CCC(C)C(C)Nc1cc(F)ccc1C. The third kappa shape index (κ3) is 3.22. The summed E-state index contributed by atoms with van der Waals surface area (Å²) in [6.45, 7) is 8.50. The average molecular weight is 209 g/mol. The molecule has 1 nitrogen and oxygen atoms in total. The summed E-state index contributed by atoms with van der Waals surface area (Å²) < 4.78 is 13.0. The molecule has 0 saturated heterocycles. The molecule has 0 fully saturated rings. The smallest absolute Gasteiger partial charge is 0.125 e. The van der Waals surface area contributed by atoms with Crippen LogP contribution in [0.1, 0.15) is 32.8 Å². The van der Waals surface area contributed by atoms with Gasteiger partial charge in [0.1, 0.15) is 5.82 Å². The van der Waals surface area contributed by atoms with Gasteiger partial charge in [-0.3, -0.25) is 0 Å². The van der Waals surface area contributed by atoms with Crippen LogP contribution in [0.5, 0.6) is 0 Å². The highest BCUT2D eigenvalue weighted by Crippen LogP contribution is 2.19. The van der Waals surface area contributed by atoms with Crippen LogP contribution in [0.2, 0.25) is 0 Å². The second kappa shape index (κ2) is 5.15. The van der Waals surface area contributed by atoms with Gasteiger partial charge in [-0.2, -0.15) is 0 Å². The highest BCUT2D eigenvalue weighted by atomic mass is 19.1. The normalized spacial score (nSPS) is 14.7. The molecule has 0 bridgehead atoms. The van der Waals surface area contributed by atoms with Crippen molar-refractivity contribution >= 4 is 5.69 Å². The molecule has 1 aromatic carbocycles. The summed E-state index contributed by atoms with van der Waals surface area (Å²) in [5.41, 5.74) is 1.99. The lowest BCUT2D eigenvalue weighted by Gasteiger charge is -2.22. The van der Waals surface area contributed by atoms with E-state index in [2.05, 4.69) is 26.1 Å². The van der Waals surface area contributed by atoms with Crippen LogP contribution in [-0.2, 0) is 0 Å². The van der Waals surface area contributed by atoms with Gasteiger partial charge in [-0.1, -0.05) is 26.3 Å². The van der Waals surface area contributed by atoms with Crippen molar-refractivity contribution in [3.63, 3.8) is 0 Å². The van der Waals surface area contributed by atoms with Crippen molar-refractivity contribution in [2.75, 3.05) is 5.32 Å². The van der Waals surface area contributed by atoms with Gasteiger partial charge in [0.05, 0.1) is 0 Å². The number of aryl methyl sites for hydroxylation is 1. The van der Waals surface area contributed by atoms with Crippen molar-refractivity contribution < 1.29 is 4.39 Å². The molecule has 0 radical (unpaired) electrons. The third-order valence-corrected chi connectivity index (χ3v) is 3.08. The fraction of sp³-hybridized carbons (Fsp3) is 0.538. The number of hydrogen-bond acceptors (Lipinski definition) is 1. The van der Waals surface area contributed by atoms with Crippen molar-refractivity contribution in [1.29, 1.82) is 0 Å². The van der Waals surface area contributed by atoms with Crippen LogP contribution >= 0.6 is 0 Å². The molecule has 1 N–H and O–H groups in total. The van der Waals surface area contributed by atoms with E-state index in [1.807, 2.05) is 6.92 Å². The molecule has 2 heteroatoms. The maximum absolute atomic E-state index is 13.0. The first kappa shape index (κ1) is 12.0. The molecule has 15 heavy (non-hydrogen) atoms. The van der Waals surface area contributed by atoms with E-state index < -0.39 is 0 Å². The Morgan fingerprint density at radius 1 is 1.33 bits per heavy atom. The monoisotopic (exact) mass is 209 g/mol. The molecule has 0 saturated carbocycles. The van der Waals surface area contributed by atoms with Gasteiger partial charge < -0.3 is 5.32 Å². The number of anilines is 1. The Labute approximate surface area is 91.7 Å². The number of nitrogens with one attached hydrogen (secondary N) is 1.